The van der Waals surface area contributed by atoms with Crippen LogP contribution in [0.1, 0.15) is 0 Å². The van der Waals surface area contributed by atoms with Crippen molar-refractivity contribution in [2.24, 2.45) is 0 Å². The molecule has 6 heteroatoms. The van der Waals surface area contributed by atoms with Gasteiger partial charge in [-0.05, 0) is 0 Å². The van der Waals surface area contributed by atoms with E-state index in [1.54, 1.807) is 0 Å². The smallest absolute Gasteiger partial charge is 1.00 e. The van der Waals surface area contributed by atoms with Crippen LogP contribution in [0.2, 0.25) is 0 Å². The first kappa shape index (κ1) is 31.7. The van der Waals surface area contributed by atoms with Gasteiger partial charge in [-0.3, -0.25) is 0 Å². The van der Waals surface area contributed by atoms with Crippen LogP contribution in [0.15, 0.2) is 84.9 Å². The van der Waals surface area contributed by atoms with Crippen LogP contribution in [0, 0.1) is 0 Å². The molecule has 4 rings (SSSR count). The second kappa shape index (κ2) is 16.5. The van der Waals surface area contributed by atoms with Gasteiger partial charge in [0.2, 0.25) is 0 Å². The van der Waals surface area contributed by atoms with Crippen LogP contribution in [0.3, 0.4) is 0 Å². The maximum absolute atomic E-state index is 2.12. The first-order chi connectivity index (χ1) is 8.93. The van der Waals surface area contributed by atoms with Gasteiger partial charge in [0.05, 0.1) is 0 Å². The van der Waals surface area contributed by atoms with Crippen LogP contribution in [0.5, 0.6) is 0 Å². The third kappa shape index (κ3) is 8.39. The predicted molar refractivity (Wildman–Crippen MR) is 101 cm³/mol. The van der Waals surface area contributed by atoms with Crippen LogP contribution in [-0.4, -0.2) is 0 Å². The molecule has 0 amide bonds. The van der Waals surface area contributed by atoms with Gasteiger partial charge >= 0.3 is 26.2 Å². The fraction of sp³-hybridized carbons (Fsp3) is 0. The molecule has 0 saturated carbocycles. The largest absolute Gasteiger partial charge is 4.00 e. The van der Waals surface area contributed by atoms with E-state index in [-0.39, 0.29) is 88.2 Å². The minimum Gasteiger partial charge on any atom is -1.00 e. The number of halogens is 5. The van der Waals surface area contributed by atoms with Gasteiger partial charge in [-0.2, -0.15) is 35.0 Å². The Morgan fingerprint density at radius 3 is 1.17 bits per heavy atom. The molecule has 0 radical (unpaired) electrons. The van der Waals surface area contributed by atoms with Gasteiger partial charge in [-0.15, -0.1) is 96.5 Å². The molecule has 0 aliphatic carbocycles. The van der Waals surface area contributed by atoms with Crippen LogP contribution in [0.25, 0.3) is 21.5 Å². The van der Waals surface area contributed by atoms with Gasteiger partial charge in [-0.25, -0.2) is 0 Å². The maximum Gasteiger partial charge on any atom is 4.00 e. The van der Waals surface area contributed by atoms with Gasteiger partial charge in [0.1, 0.15) is 0 Å². The summed E-state index contributed by atoms with van der Waals surface area (Å²) < 4.78 is 0. The minimum absolute atomic E-state index is 0. The quantitative estimate of drug-likeness (QED) is 0.306. The molecule has 0 aliphatic heterocycles. The van der Waals surface area contributed by atoms with E-state index >= 15 is 0 Å². The molecule has 0 unspecified atom stereocenters. The van der Waals surface area contributed by atoms with E-state index in [1.165, 1.54) is 21.5 Å². The summed E-state index contributed by atoms with van der Waals surface area (Å²) in [6.45, 7) is 0. The molecule has 24 heavy (non-hydrogen) atoms. The second-order valence-corrected chi connectivity index (χ2v) is 4.31. The van der Waals surface area contributed by atoms with E-state index in [4.69, 9.17) is 0 Å². The van der Waals surface area contributed by atoms with Crippen molar-refractivity contribution in [3.63, 3.8) is 0 Å². The molecular weight excluding hydrogens is 485 g/mol. The van der Waals surface area contributed by atoms with Crippen LogP contribution >= 0.6 is 37.2 Å². The van der Waals surface area contributed by atoms with Crippen molar-refractivity contribution in [1.29, 1.82) is 0 Å². The Balaban J connectivity index is -0.000000133. The SMILES string of the molecule is Cl.Cl.Cl.[Cl-].[Cl-].[Zr+4].c1ccc2[cH-]ccc2c1.c1ccc2[cH-]ccc2c1. The molecule has 0 spiro atoms. The van der Waals surface area contributed by atoms with Gasteiger partial charge < -0.3 is 24.8 Å². The van der Waals surface area contributed by atoms with Crippen molar-refractivity contribution in [3.8, 4) is 0 Å². The van der Waals surface area contributed by atoms with Gasteiger partial charge in [0.15, 0.2) is 0 Å². The standard InChI is InChI=1S/2C9H7.5ClH.Zr/c2*1-2-5-9-7-3-6-8(9)4-1;;;;;;/h2*1-7H;5*1H;/q2*-1;;;;;;+4/p-2. The fourth-order valence-corrected chi connectivity index (χ4v) is 2.14. The van der Waals surface area contributed by atoms with Crippen molar-refractivity contribution in [3.05, 3.63) is 84.9 Å². The molecule has 0 aromatic heterocycles. The number of fused-ring (bicyclic) bond motifs is 2. The Bertz CT molecular complexity index is 637. The van der Waals surface area contributed by atoms with Crippen molar-refractivity contribution >= 4 is 58.8 Å². The summed E-state index contributed by atoms with van der Waals surface area (Å²) in [7, 11) is 0. The molecule has 128 valence electrons. The average Bonchev–Trinajstić information content (AvgIpc) is 3.08. The van der Waals surface area contributed by atoms with Crippen molar-refractivity contribution in [2.75, 3.05) is 0 Å². The Hall–Kier alpha value is -0.00688. The topological polar surface area (TPSA) is 0 Å². The summed E-state index contributed by atoms with van der Waals surface area (Å²) in [5.41, 5.74) is 0. The molecule has 0 heterocycles. The zero-order chi connectivity index (χ0) is 12.2. The van der Waals surface area contributed by atoms with Crippen LogP contribution in [0.4, 0.5) is 0 Å². The molecule has 0 saturated heterocycles. The van der Waals surface area contributed by atoms with E-state index in [0.717, 1.165) is 0 Å². The van der Waals surface area contributed by atoms with Crippen LogP contribution < -0.4 is 24.8 Å². The number of hydrogen-bond donors (Lipinski definition) is 0. The van der Waals surface area contributed by atoms with Crippen LogP contribution in [-0.2, 0) is 26.2 Å². The fourth-order valence-electron chi connectivity index (χ4n) is 2.14. The van der Waals surface area contributed by atoms with Crippen molar-refractivity contribution in [2.45, 2.75) is 0 Å². The molecule has 0 aliphatic rings. The van der Waals surface area contributed by atoms with E-state index in [2.05, 4.69) is 84.9 Å². The summed E-state index contributed by atoms with van der Waals surface area (Å²) in [6.07, 6.45) is 0. The molecule has 0 nitrogen and oxygen atoms in total. The monoisotopic (exact) mass is 498 g/mol. The third-order valence-electron chi connectivity index (χ3n) is 3.10. The molecule has 0 fully saturated rings. The van der Waals surface area contributed by atoms with Gasteiger partial charge in [0.25, 0.3) is 0 Å². The predicted octanol–water partition coefficient (Wildman–Crippen LogP) is 0.388. The van der Waals surface area contributed by atoms with Gasteiger partial charge in [-0.1, -0.05) is 12.1 Å². The van der Waals surface area contributed by atoms with Gasteiger partial charge in [0, 0.05) is 0 Å². The minimum atomic E-state index is 0. The van der Waals surface area contributed by atoms with E-state index in [0.29, 0.717) is 0 Å². The molecule has 4 aromatic carbocycles. The van der Waals surface area contributed by atoms with E-state index < -0.39 is 0 Å². The van der Waals surface area contributed by atoms with E-state index in [9.17, 15) is 0 Å². The number of rotatable bonds is 0. The normalized spacial score (nSPS) is 7.67. The zero-order valence-corrected chi connectivity index (χ0v) is 19.0. The summed E-state index contributed by atoms with van der Waals surface area (Å²) in [5.74, 6) is 0. The Labute approximate surface area is 193 Å². The Kier molecular flexibility index (Phi) is 21.8. The summed E-state index contributed by atoms with van der Waals surface area (Å²) in [5, 5.41) is 5.32. The zero-order valence-electron chi connectivity index (χ0n) is 12.6. The first-order valence-corrected chi connectivity index (χ1v) is 6.14. The summed E-state index contributed by atoms with van der Waals surface area (Å²) in [6, 6.07) is 29.3. The molecule has 0 bridgehead atoms. The van der Waals surface area contributed by atoms with Crippen molar-refractivity contribution in [1.82, 2.24) is 0 Å². The Morgan fingerprint density at radius 1 is 0.500 bits per heavy atom. The molecule has 0 atom stereocenters. The second-order valence-electron chi connectivity index (χ2n) is 4.31. The molecular formula is C18H17Cl5Zr. The summed E-state index contributed by atoms with van der Waals surface area (Å²) >= 11 is 0. The average molecular weight is 502 g/mol. The molecule has 0 N–H and O–H groups in total. The molecule has 4 aromatic rings. The number of hydrogen-bond acceptors (Lipinski definition) is 0. The Morgan fingerprint density at radius 2 is 0.833 bits per heavy atom. The number of benzene rings is 2. The third-order valence-corrected chi connectivity index (χ3v) is 3.10. The maximum atomic E-state index is 2.12. The van der Waals surface area contributed by atoms with Crippen molar-refractivity contribution < 1.29 is 51.0 Å². The summed E-state index contributed by atoms with van der Waals surface area (Å²) in [4.78, 5) is 0. The van der Waals surface area contributed by atoms with E-state index in [1.807, 2.05) is 0 Å². The first-order valence-electron chi connectivity index (χ1n) is 6.14.